The lowest BCUT2D eigenvalue weighted by Gasteiger charge is -2.11. The maximum atomic E-state index is 11.9. The number of rotatable bonds is 2. The Labute approximate surface area is 113 Å². The maximum Gasteiger partial charge on any atom is 0.340 e. The number of aromatic nitrogens is 1. The summed E-state index contributed by atoms with van der Waals surface area (Å²) in [4.78, 5) is 16.3. The van der Waals surface area contributed by atoms with Crippen molar-refractivity contribution in [3.63, 3.8) is 0 Å². The molecule has 0 unspecified atom stereocenters. The SMILES string of the molecule is CCOC(=O)c1c(C)nc2ccccc2c1C.[Cl-]. The van der Waals surface area contributed by atoms with Crippen molar-refractivity contribution in [3.05, 3.63) is 41.1 Å². The van der Waals surface area contributed by atoms with Gasteiger partial charge in [0, 0.05) is 5.39 Å². The van der Waals surface area contributed by atoms with Gasteiger partial charge in [-0.15, -0.1) is 0 Å². The van der Waals surface area contributed by atoms with E-state index in [1.54, 1.807) is 6.92 Å². The molecule has 1 aromatic carbocycles. The van der Waals surface area contributed by atoms with Gasteiger partial charge in [-0.1, -0.05) is 18.2 Å². The maximum absolute atomic E-state index is 11.9. The number of esters is 1. The largest absolute Gasteiger partial charge is 1.00 e. The topological polar surface area (TPSA) is 39.2 Å². The Morgan fingerprint density at radius 2 is 1.94 bits per heavy atom. The van der Waals surface area contributed by atoms with Crippen LogP contribution in [0, 0.1) is 13.8 Å². The molecular weight excluding hydrogens is 250 g/mol. The number of carbonyl (C=O) groups excluding carboxylic acids is 1. The van der Waals surface area contributed by atoms with Crippen molar-refractivity contribution >= 4 is 16.9 Å². The molecule has 2 rings (SSSR count). The van der Waals surface area contributed by atoms with E-state index in [2.05, 4.69) is 4.98 Å². The van der Waals surface area contributed by atoms with Crippen LogP contribution in [-0.4, -0.2) is 17.6 Å². The molecule has 0 aliphatic carbocycles. The summed E-state index contributed by atoms with van der Waals surface area (Å²) in [6.07, 6.45) is 0. The van der Waals surface area contributed by atoms with E-state index in [0.717, 1.165) is 22.2 Å². The van der Waals surface area contributed by atoms with E-state index in [9.17, 15) is 4.79 Å². The van der Waals surface area contributed by atoms with E-state index < -0.39 is 0 Å². The highest BCUT2D eigenvalue weighted by Crippen LogP contribution is 2.22. The molecule has 0 fully saturated rings. The molecule has 4 heteroatoms. The summed E-state index contributed by atoms with van der Waals surface area (Å²) in [5.74, 6) is -0.291. The van der Waals surface area contributed by atoms with Crippen LogP contribution in [0.25, 0.3) is 10.9 Å². The molecule has 0 saturated carbocycles. The Balaban J connectivity index is 0.00000162. The zero-order valence-corrected chi connectivity index (χ0v) is 11.4. The number of aryl methyl sites for hydroxylation is 2. The lowest BCUT2D eigenvalue weighted by atomic mass is 10.0. The van der Waals surface area contributed by atoms with E-state index in [4.69, 9.17) is 4.74 Å². The summed E-state index contributed by atoms with van der Waals surface area (Å²) in [7, 11) is 0. The lowest BCUT2D eigenvalue weighted by molar-refractivity contribution is -0.0000223. The first kappa shape index (κ1) is 14.5. The molecule has 3 nitrogen and oxygen atoms in total. The van der Waals surface area contributed by atoms with Crippen molar-refractivity contribution in [2.75, 3.05) is 6.61 Å². The number of nitrogens with zero attached hydrogens (tertiary/aromatic N) is 1. The first-order chi connectivity index (χ1) is 8.15. The molecule has 1 aromatic heterocycles. The number of halogens is 1. The van der Waals surface area contributed by atoms with Crippen molar-refractivity contribution in [1.29, 1.82) is 0 Å². The number of fused-ring (bicyclic) bond motifs is 1. The van der Waals surface area contributed by atoms with Gasteiger partial charge in [0.2, 0.25) is 0 Å². The van der Waals surface area contributed by atoms with Crippen LogP contribution in [0.15, 0.2) is 24.3 Å². The van der Waals surface area contributed by atoms with Crippen LogP contribution in [0.2, 0.25) is 0 Å². The molecule has 0 spiro atoms. The second-order valence-electron chi connectivity index (χ2n) is 3.93. The molecule has 0 saturated heterocycles. The first-order valence-electron chi connectivity index (χ1n) is 5.68. The monoisotopic (exact) mass is 264 g/mol. The van der Waals surface area contributed by atoms with Crippen molar-refractivity contribution < 1.29 is 21.9 Å². The summed E-state index contributed by atoms with van der Waals surface area (Å²) >= 11 is 0. The summed E-state index contributed by atoms with van der Waals surface area (Å²) in [5, 5.41) is 1.00. The third kappa shape index (κ3) is 2.46. The van der Waals surface area contributed by atoms with Gasteiger partial charge in [-0.2, -0.15) is 0 Å². The smallest absolute Gasteiger partial charge is 0.340 e. The van der Waals surface area contributed by atoms with Gasteiger partial charge in [-0.05, 0) is 32.4 Å². The third-order valence-electron chi connectivity index (χ3n) is 2.81. The van der Waals surface area contributed by atoms with Crippen LogP contribution in [0.5, 0.6) is 0 Å². The molecule has 0 amide bonds. The quantitative estimate of drug-likeness (QED) is 0.719. The van der Waals surface area contributed by atoms with Gasteiger partial charge >= 0.3 is 5.97 Å². The molecule has 0 N–H and O–H groups in total. The summed E-state index contributed by atoms with van der Waals surface area (Å²) in [6, 6.07) is 7.81. The van der Waals surface area contributed by atoms with Gasteiger partial charge < -0.3 is 17.1 Å². The molecule has 0 radical (unpaired) electrons. The van der Waals surface area contributed by atoms with E-state index >= 15 is 0 Å². The number of benzene rings is 1. The number of para-hydroxylation sites is 1. The van der Waals surface area contributed by atoms with Crippen LogP contribution in [0.3, 0.4) is 0 Å². The van der Waals surface area contributed by atoms with Crippen molar-refractivity contribution in [2.24, 2.45) is 0 Å². The second-order valence-corrected chi connectivity index (χ2v) is 3.93. The van der Waals surface area contributed by atoms with E-state index in [-0.39, 0.29) is 18.4 Å². The van der Waals surface area contributed by atoms with Gasteiger partial charge in [0.25, 0.3) is 0 Å². The highest BCUT2D eigenvalue weighted by molar-refractivity contribution is 5.98. The summed E-state index contributed by atoms with van der Waals surface area (Å²) in [6.45, 7) is 5.95. The zero-order chi connectivity index (χ0) is 12.4. The average molecular weight is 265 g/mol. The third-order valence-corrected chi connectivity index (χ3v) is 2.81. The van der Waals surface area contributed by atoms with E-state index in [1.807, 2.05) is 38.1 Å². The molecule has 0 aliphatic heterocycles. The molecule has 0 aliphatic rings. The predicted molar refractivity (Wildman–Crippen MR) is 67.2 cm³/mol. The Kier molecular flexibility index (Phi) is 4.68. The molecular formula is C14H15ClNO2-. The fourth-order valence-corrected chi connectivity index (χ4v) is 2.03. The van der Waals surface area contributed by atoms with Crippen LogP contribution in [-0.2, 0) is 4.74 Å². The summed E-state index contributed by atoms with van der Waals surface area (Å²) in [5.41, 5.74) is 3.16. The fraction of sp³-hybridized carbons (Fsp3) is 0.286. The first-order valence-corrected chi connectivity index (χ1v) is 5.68. The highest BCUT2D eigenvalue weighted by atomic mass is 35.5. The van der Waals surface area contributed by atoms with Crippen LogP contribution >= 0.6 is 0 Å². The molecule has 96 valence electrons. The lowest BCUT2D eigenvalue weighted by Crippen LogP contribution is -3.00. The predicted octanol–water partition coefficient (Wildman–Crippen LogP) is 0.0323. The number of pyridine rings is 1. The van der Waals surface area contributed by atoms with Crippen LogP contribution in [0.1, 0.15) is 28.5 Å². The number of hydrogen-bond acceptors (Lipinski definition) is 3. The normalized spacial score (nSPS) is 9.94. The number of carbonyl (C=O) groups is 1. The van der Waals surface area contributed by atoms with E-state index in [0.29, 0.717) is 12.2 Å². The van der Waals surface area contributed by atoms with Crippen molar-refractivity contribution in [2.45, 2.75) is 20.8 Å². The Hall–Kier alpha value is -1.61. The van der Waals surface area contributed by atoms with Gasteiger partial charge in [0.05, 0.1) is 23.4 Å². The van der Waals surface area contributed by atoms with Gasteiger partial charge in [0.1, 0.15) is 0 Å². The molecule has 18 heavy (non-hydrogen) atoms. The van der Waals surface area contributed by atoms with Crippen molar-refractivity contribution in [3.8, 4) is 0 Å². The molecule has 0 bridgehead atoms. The highest BCUT2D eigenvalue weighted by Gasteiger charge is 2.16. The van der Waals surface area contributed by atoms with Gasteiger partial charge in [-0.3, -0.25) is 4.98 Å². The van der Waals surface area contributed by atoms with Gasteiger partial charge in [0.15, 0.2) is 0 Å². The minimum absolute atomic E-state index is 0. The molecule has 1 heterocycles. The molecule has 0 atom stereocenters. The number of ether oxygens (including phenoxy) is 1. The summed E-state index contributed by atoms with van der Waals surface area (Å²) < 4.78 is 5.06. The Morgan fingerprint density at radius 3 is 2.61 bits per heavy atom. The molecule has 2 aromatic rings. The average Bonchev–Trinajstić information content (AvgIpc) is 2.29. The Bertz CT molecular complexity index is 581. The second kappa shape index (κ2) is 5.83. The minimum atomic E-state index is -0.291. The minimum Gasteiger partial charge on any atom is -1.00 e. The fourth-order valence-electron chi connectivity index (χ4n) is 2.03. The zero-order valence-electron chi connectivity index (χ0n) is 10.7. The van der Waals surface area contributed by atoms with E-state index in [1.165, 1.54) is 0 Å². The van der Waals surface area contributed by atoms with Crippen LogP contribution in [0.4, 0.5) is 0 Å². The van der Waals surface area contributed by atoms with Crippen molar-refractivity contribution in [1.82, 2.24) is 4.98 Å². The number of hydrogen-bond donors (Lipinski definition) is 0. The van der Waals surface area contributed by atoms with Crippen LogP contribution < -0.4 is 12.4 Å². The Morgan fingerprint density at radius 1 is 1.28 bits per heavy atom. The standard InChI is InChI=1S/C14H15NO2.ClH/c1-4-17-14(16)13-9(2)11-7-5-6-8-12(11)15-10(13)3;/h5-8H,4H2,1-3H3;1H/p-1. The van der Waals surface area contributed by atoms with Gasteiger partial charge in [-0.25, -0.2) is 4.79 Å².